The van der Waals surface area contributed by atoms with Crippen molar-refractivity contribution in [3.8, 4) is 0 Å². The number of pyridine rings is 1. The molecular formula is C22H20N4O3S. The van der Waals surface area contributed by atoms with Gasteiger partial charge in [0.15, 0.2) is 5.52 Å². The van der Waals surface area contributed by atoms with Crippen molar-refractivity contribution >= 4 is 34.0 Å². The number of hydrogen-bond donors (Lipinski definition) is 1. The lowest BCUT2D eigenvalue weighted by Crippen LogP contribution is -2.42. The molecule has 0 spiro atoms. The van der Waals surface area contributed by atoms with E-state index >= 15 is 0 Å². The van der Waals surface area contributed by atoms with Gasteiger partial charge in [-0.05, 0) is 60.7 Å². The number of anilines is 1. The Hall–Kier alpha value is -3.52. The number of carbonyl (C=O) groups is 1. The number of aromatic nitrogens is 3. The molecule has 7 nitrogen and oxygen atoms in total. The standard InChI is InChI=1S/C22H20N4O3S/c1-14-9-15(2)11-16(10-14)24-19(27)13-25-18-6-3-7-23-20(18)21(28)26(22(25)29)12-17-5-4-8-30-17/h3-11H,12-13H2,1-2H3,(H,24,27). The van der Waals surface area contributed by atoms with Crippen molar-refractivity contribution in [1.82, 2.24) is 14.1 Å². The third-order valence-corrected chi connectivity index (χ3v) is 5.55. The van der Waals surface area contributed by atoms with Gasteiger partial charge in [-0.2, -0.15) is 0 Å². The van der Waals surface area contributed by atoms with Crippen LogP contribution in [0.25, 0.3) is 11.0 Å². The fourth-order valence-electron chi connectivity index (χ4n) is 3.48. The maximum Gasteiger partial charge on any atom is 0.332 e. The smallest absolute Gasteiger partial charge is 0.325 e. The number of aryl methyl sites for hydroxylation is 2. The van der Waals surface area contributed by atoms with Crippen molar-refractivity contribution < 1.29 is 4.79 Å². The lowest BCUT2D eigenvalue weighted by molar-refractivity contribution is -0.116. The van der Waals surface area contributed by atoms with E-state index in [9.17, 15) is 14.4 Å². The third kappa shape index (κ3) is 3.95. The minimum absolute atomic E-state index is 0.139. The monoisotopic (exact) mass is 420 g/mol. The lowest BCUT2D eigenvalue weighted by atomic mass is 10.1. The van der Waals surface area contributed by atoms with Gasteiger partial charge in [-0.3, -0.25) is 18.7 Å². The fraction of sp³-hybridized carbons (Fsp3) is 0.182. The molecule has 0 aliphatic carbocycles. The van der Waals surface area contributed by atoms with Crippen molar-refractivity contribution in [2.24, 2.45) is 0 Å². The van der Waals surface area contributed by atoms with E-state index in [0.29, 0.717) is 11.2 Å². The average Bonchev–Trinajstić information content (AvgIpc) is 3.21. The van der Waals surface area contributed by atoms with Crippen molar-refractivity contribution in [2.45, 2.75) is 26.9 Å². The van der Waals surface area contributed by atoms with Crippen LogP contribution in [0.2, 0.25) is 0 Å². The van der Waals surface area contributed by atoms with Gasteiger partial charge in [0, 0.05) is 16.8 Å². The molecule has 0 saturated carbocycles. The molecule has 4 aromatic rings. The summed E-state index contributed by atoms with van der Waals surface area (Å²) in [4.78, 5) is 43.8. The zero-order valence-corrected chi connectivity index (χ0v) is 17.4. The molecular weight excluding hydrogens is 400 g/mol. The van der Waals surface area contributed by atoms with Crippen LogP contribution in [0.4, 0.5) is 5.69 Å². The molecule has 0 atom stereocenters. The molecule has 3 aromatic heterocycles. The molecule has 8 heteroatoms. The predicted octanol–water partition coefficient (Wildman–Crippen LogP) is 2.92. The first-order valence-corrected chi connectivity index (χ1v) is 10.3. The van der Waals surface area contributed by atoms with Gasteiger partial charge < -0.3 is 5.32 Å². The maximum absolute atomic E-state index is 13.1. The fourth-order valence-corrected chi connectivity index (χ4v) is 4.18. The molecule has 4 rings (SSSR count). The summed E-state index contributed by atoms with van der Waals surface area (Å²) in [5.74, 6) is -0.353. The summed E-state index contributed by atoms with van der Waals surface area (Å²) in [7, 11) is 0. The number of carbonyl (C=O) groups excluding carboxylic acids is 1. The summed E-state index contributed by atoms with van der Waals surface area (Å²) in [5, 5.41) is 4.72. The van der Waals surface area contributed by atoms with E-state index in [-0.39, 0.29) is 24.5 Å². The first kappa shape index (κ1) is 19.8. The lowest BCUT2D eigenvalue weighted by Gasteiger charge is -2.14. The average molecular weight is 420 g/mol. The van der Waals surface area contributed by atoms with E-state index < -0.39 is 11.2 Å². The van der Waals surface area contributed by atoms with Crippen molar-refractivity contribution in [3.05, 3.63) is 90.9 Å². The van der Waals surface area contributed by atoms with E-state index in [1.165, 1.54) is 22.1 Å². The largest absolute Gasteiger partial charge is 0.332 e. The van der Waals surface area contributed by atoms with E-state index in [1.807, 2.05) is 49.6 Å². The van der Waals surface area contributed by atoms with Crippen LogP contribution in [-0.4, -0.2) is 20.0 Å². The molecule has 1 aromatic carbocycles. The van der Waals surface area contributed by atoms with Crippen LogP contribution in [0.5, 0.6) is 0 Å². The molecule has 0 bridgehead atoms. The Kier molecular flexibility index (Phi) is 5.33. The van der Waals surface area contributed by atoms with Crippen LogP contribution in [-0.2, 0) is 17.9 Å². The van der Waals surface area contributed by atoms with Crippen LogP contribution in [0.1, 0.15) is 16.0 Å². The highest BCUT2D eigenvalue weighted by Crippen LogP contribution is 2.14. The van der Waals surface area contributed by atoms with Gasteiger partial charge >= 0.3 is 5.69 Å². The molecule has 0 aliphatic heterocycles. The van der Waals surface area contributed by atoms with Crippen molar-refractivity contribution in [3.63, 3.8) is 0 Å². The molecule has 0 radical (unpaired) electrons. The summed E-state index contributed by atoms with van der Waals surface area (Å²) in [6, 6.07) is 12.7. The van der Waals surface area contributed by atoms with Crippen LogP contribution in [0, 0.1) is 13.8 Å². The molecule has 0 fully saturated rings. The molecule has 1 N–H and O–H groups in total. The summed E-state index contributed by atoms with van der Waals surface area (Å²) >= 11 is 1.46. The Bertz CT molecular complexity index is 1330. The van der Waals surface area contributed by atoms with E-state index in [4.69, 9.17) is 0 Å². The molecule has 3 heterocycles. The quantitative estimate of drug-likeness (QED) is 0.538. The molecule has 1 amide bonds. The number of rotatable bonds is 5. The Labute approximate surface area is 176 Å². The van der Waals surface area contributed by atoms with Crippen molar-refractivity contribution in [1.29, 1.82) is 0 Å². The molecule has 152 valence electrons. The predicted molar refractivity (Wildman–Crippen MR) is 118 cm³/mol. The van der Waals surface area contributed by atoms with Gasteiger partial charge in [0.1, 0.15) is 6.54 Å². The second kappa shape index (κ2) is 8.08. The molecule has 0 unspecified atom stereocenters. The Morgan fingerprint density at radius 3 is 2.53 bits per heavy atom. The van der Waals surface area contributed by atoms with Gasteiger partial charge in [-0.1, -0.05) is 12.1 Å². The normalized spacial score (nSPS) is 11.0. The van der Waals surface area contributed by atoms with Gasteiger partial charge in [0.05, 0.1) is 12.1 Å². The molecule has 0 aliphatic rings. The maximum atomic E-state index is 13.1. The molecule has 30 heavy (non-hydrogen) atoms. The van der Waals surface area contributed by atoms with E-state index in [0.717, 1.165) is 20.6 Å². The summed E-state index contributed by atoms with van der Waals surface area (Å²) in [5.41, 5.74) is 2.22. The second-order valence-corrected chi connectivity index (χ2v) is 8.17. The highest BCUT2D eigenvalue weighted by atomic mass is 32.1. The third-order valence-electron chi connectivity index (χ3n) is 4.69. The van der Waals surface area contributed by atoms with E-state index in [2.05, 4.69) is 10.3 Å². The van der Waals surface area contributed by atoms with Crippen LogP contribution in [0.15, 0.2) is 63.6 Å². The number of nitrogens with zero attached hydrogens (tertiary/aromatic N) is 3. The number of thiophene rings is 1. The van der Waals surface area contributed by atoms with Crippen molar-refractivity contribution in [2.75, 3.05) is 5.32 Å². The summed E-state index contributed by atoms with van der Waals surface area (Å²) < 4.78 is 2.43. The zero-order valence-electron chi connectivity index (χ0n) is 16.6. The highest BCUT2D eigenvalue weighted by molar-refractivity contribution is 7.09. The van der Waals surface area contributed by atoms with Crippen LogP contribution >= 0.6 is 11.3 Å². The SMILES string of the molecule is Cc1cc(C)cc(NC(=O)Cn2c(=O)n(Cc3cccs3)c(=O)c3ncccc32)c1. The van der Waals surface area contributed by atoms with Crippen LogP contribution in [0.3, 0.4) is 0 Å². The number of nitrogens with one attached hydrogen (secondary N) is 1. The Morgan fingerprint density at radius 2 is 1.83 bits per heavy atom. The number of amides is 1. The summed E-state index contributed by atoms with van der Waals surface area (Å²) in [6.07, 6.45) is 1.50. The van der Waals surface area contributed by atoms with Gasteiger partial charge in [0.25, 0.3) is 5.56 Å². The number of fused-ring (bicyclic) bond motifs is 1. The first-order valence-electron chi connectivity index (χ1n) is 9.41. The minimum atomic E-state index is -0.538. The highest BCUT2D eigenvalue weighted by Gasteiger charge is 2.17. The Balaban J connectivity index is 1.75. The molecule has 0 saturated heterocycles. The zero-order chi connectivity index (χ0) is 21.3. The first-order chi connectivity index (χ1) is 14.4. The number of hydrogen-bond acceptors (Lipinski definition) is 5. The summed E-state index contributed by atoms with van der Waals surface area (Å²) in [6.45, 7) is 3.82. The number of benzene rings is 1. The van der Waals surface area contributed by atoms with E-state index in [1.54, 1.807) is 12.1 Å². The second-order valence-electron chi connectivity index (χ2n) is 7.14. The topological polar surface area (TPSA) is 86.0 Å². The minimum Gasteiger partial charge on any atom is -0.325 e. The van der Waals surface area contributed by atoms with Gasteiger partial charge in [-0.15, -0.1) is 11.3 Å². The van der Waals surface area contributed by atoms with Crippen LogP contribution < -0.4 is 16.6 Å². The van der Waals surface area contributed by atoms with Gasteiger partial charge in [-0.25, -0.2) is 9.78 Å². The van der Waals surface area contributed by atoms with Gasteiger partial charge in [0.2, 0.25) is 5.91 Å². The Morgan fingerprint density at radius 1 is 1.07 bits per heavy atom.